The molecule has 1 aliphatic rings. The molecule has 0 radical (unpaired) electrons. The van der Waals surface area contributed by atoms with E-state index in [9.17, 15) is 4.79 Å². The van der Waals surface area contributed by atoms with Crippen LogP contribution in [0, 0.1) is 13.8 Å². The molecular formula is C25H26N2O4. The van der Waals surface area contributed by atoms with Crippen molar-refractivity contribution < 1.29 is 19.0 Å². The zero-order valence-electron chi connectivity index (χ0n) is 17.8. The number of carbonyl (C=O) groups excluding carboxylic acids is 1. The van der Waals surface area contributed by atoms with Crippen LogP contribution in [0.25, 0.3) is 0 Å². The van der Waals surface area contributed by atoms with Crippen molar-refractivity contribution in [3.8, 4) is 17.2 Å². The van der Waals surface area contributed by atoms with Gasteiger partial charge in [-0.2, -0.15) is 0 Å². The molecule has 0 saturated carbocycles. The van der Waals surface area contributed by atoms with Crippen LogP contribution in [0.2, 0.25) is 0 Å². The summed E-state index contributed by atoms with van der Waals surface area (Å²) in [5.74, 6) is 2.15. The minimum absolute atomic E-state index is 0.128. The second kappa shape index (κ2) is 9.51. The van der Waals surface area contributed by atoms with Crippen LogP contribution in [-0.2, 0) is 13.2 Å². The Hall–Kier alpha value is -3.54. The minimum atomic E-state index is -0.128. The van der Waals surface area contributed by atoms with Crippen LogP contribution in [0.15, 0.2) is 54.9 Å². The fourth-order valence-electron chi connectivity index (χ4n) is 3.55. The molecule has 0 aliphatic carbocycles. The van der Waals surface area contributed by atoms with Gasteiger partial charge in [-0.25, -0.2) is 0 Å². The van der Waals surface area contributed by atoms with Gasteiger partial charge in [-0.05, 0) is 60.9 Å². The number of rotatable bonds is 6. The lowest BCUT2D eigenvalue weighted by atomic mass is 10.0. The normalized spacial score (nSPS) is 12.7. The molecule has 31 heavy (non-hydrogen) atoms. The topological polar surface area (TPSA) is 69.7 Å². The number of benzene rings is 2. The molecule has 0 atom stereocenters. The highest BCUT2D eigenvalue weighted by Gasteiger charge is 2.14. The maximum absolute atomic E-state index is 12.7. The first-order valence-electron chi connectivity index (χ1n) is 10.4. The molecule has 6 nitrogen and oxygen atoms in total. The van der Waals surface area contributed by atoms with Crippen molar-refractivity contribution in [3.63, 3.8) is 0 Å². The second-order valence-electron chi connectivity index (χ2n) is 7.60. The zero-order chi connectivity index (χ0) is 21.6. The van der Waals surface area contributed by atoms with Gasteiger partial charge in [0.1, 0.15) is 12.4 Å². The van der Waals surface area contributed by atoms with Gasteiger partial charge < -0.3 is 19.5 Å². The average Bonchev–Trinajstić information content (AvgIpc) is 3.02. The van der Waals surface area contributed by atoms with Gasteiger partial charge in [0.05, 0.1) is 13.2 Å². The van der Waals surface area contributed by atoms with E-state index < -0.39 is 0 Å². The highest BCUT2D eigenvalue weighted by Crippen LogP contribution is 2.30. The Morgan fingerprint density at radius 3 is 2.55 bits per heavy atom. The van der Waals surface area contributed by atoms with Gasteiger partial charge in [0.25, 0.3) is 5.91 Å². The van der Waals surface area contributed by atoms with E-state index in [2.05, 4.69) is 10.3 Å². The van der Waals surface area contributed by atoms with Crippen LogP contribution in [0.1, 0.15) is 39.0 Å². The van der Waals surface area contributed by atoms with Gasteiger partial charge in [0, 0.05) is 36.5 Å². The maximum Gasteiger partial charge on any atom is 0.251 e. The van der Waals surface area contributed by atoms with Gasteiger partial charge in [-0.15, -0.1) is 0 Å². The molecule has 4 rings (SSSR count). The second-order valence-corrected chi connectivity index (χ2v) is 7.60. The van der Waals surface area contributed by atoms with Crippen molar-refractivity contribution in [2.24, 2.45) is 0 Å². The molecular weight excluding hydrogens is 392 g/mol. The van der Waals surface area contributed by atoms with E-state index in [-0.39, 0.29) is 5.91 Å². The first-order valence-corrected chi connectivity index (χ1v) is 10.4. The van der Waals surface area contributed by atoms with Crippen LogP contribution < -0.4 is 19.5 Å². The molecule has 1 aromatic heterocycles. The SMILES string of the molecule is Cc1cc(C(=O)NCc2ccc3c(c2)OCCCO3)cc(C)c1OCc1cccnc1. The molecule has 0 fully saturated rings. The number of fused-ring (bicyclic) bond motifs is 1. The lowest BCUT2D eigenvalue weighted by Crippen LogP contribution is -2.23. The van der Waals surface area contributed by atoms with Crippen LogP contribution in [0.4, 0.5) is 0 Å². The Morgan fingerprint density at radius 1 is 1.03 bits per heavy atom. The van der Waals surface area contributed by atoms with Crippen molar-refractivity contribution in [3.05, 3.63) is 82.7 Å². The molecule has 0 bridgehead atoms. The van der Waals surface area contributed by atoms with Gasteiger partial charge in [-0.1, -0.05) is 12.1 Å². The summed E-state index contributed by atoms with van der Waals surface area (Å²) in [6.45, 7) is 6.04. The lowest BCUT2D eigenvalue weighted by Gasteiger charge is -2.14. The first-order chi connectivity index (χ1) is 15.1. The predicted octanol–water partition coefficient (Wildman–Crippen LogP) is 4.37. The van der Waals surface area contributed by atoms with Crippen LogP contribution in [-0.4, -0.2) is 24.1 Å². The number of hydrogen-bond donors (Lipinski definition) is 1. The average molecular weight is 418 g/mol. The summed E-state index contributed by atoms with van der Waals surface area (Å²) in [4.78, 5) is 16.8. The molecule has 3 aromatic rings. The first kappa shape index (κ1) is 20.7. The van der Waals surface area contributed by atoms with E-state index in [0.29, 0.717) is 31.9 Å². The number of nitrogens with zero attached hydrogens (tertiary/aromatic N) is 1. The molecule has 0 unspecified atom stereocenters. The van der Waals surface area contributed by atoms with E-state index in [1.165, 1.54) is 0 Å². The molecule has 0 saturated heterocycles. The van der Waals surface area contributed by atoms with E-state index in [1.807, 2.05) is 56.3 Å². The summed E-state index contributed by atoms with van der Waals surface area (Å²) < 4.78 is 17.4. The number of hydrogen-bond acceptors (Lipinski definition) is 5. The highest BCUT2D eigenvalue weighted by molar-refractivity contribution is 5.94. The molecule has 1 aliphatic heterocycles. The van der Waals surface area contributed by atoms with Gasteiger partial charge in [0.15, 0.2) is 11.5 Å². The number of ether oxygens (including phenoxy) is 3. The standard InChI is InChI=1S/C25H26N2O4/c1-17-11-21(12-18(2)24(17)31-16-20-5-3-8-26-14-20)25(28)27-15-19-6-7-22-23(13-19)30-10-4-9-29-22/h3,5-8,11-14H,4,9-10,15-16H2,1-2H3,(H,27,28). The van der Waals surface area contributed by atoms with E-state index in [1.54, 1.807) is 12.4 Å². The quantitative estimate of drug-likeness (QED) is 0.644. The van der Waals surface area contributed by atoms with Gasteiger partial charge in [-0.3, -0.25) is 9.78 Å². The van der Waals surface area contributed by atoms with Crippen LogP contribution in [0.5, 0.6) is 17.2 Å². The summed E-state index contributed by atoms with van der Waals surface area (Å²) in [5.41, 5.74) is 4.41. The Morgan fingerprint density at radius 2 is 1.81 bits per heavy atom. The minimum Gasteiger partial charge on any atom is -0.490 e. The monoisotopic (exact) mass is 418 g/mol. The van der Waals surface area contributed by atoms with Crippen LogP contribution in [0.3, 0.4) is 0 Å². The number of pyridine rings is 1. The third-order valence-corrected chi connectivity index (χ3v) is 5.09. The van der Waals surface area contributed by atoms with Crippen molar-refractivity contribution in [2.75, 3.05) is 13.2 Å². The van der Waals surface area contributed by atoms with E-state index in [4.69, 9.17) is 14.2 Å². The molecule has 6 heteroatoms. The molecule has 160 valence electrons. The number of carbonyl (C=O) groups is 1. The maximum atomic E-state index is 12.7. The Bertz CT molecular complexity index is 1040. The number of aryl methyl sites for hydroxylation is 2. The summed E-state index contributed by atoms with van der Waals surface area (Å²) in [6.07, 6.45) is 4.38. The third kappa shape index (κ3) is 5.15. The fraction of sp³-hybridized carbons (Fsp3) is 0.280. The van der Waals surface area contributed by atoms with Crippen molar-refractivity contribution >= 4 is 5.91 Å². The number of amides is 1. The van der Waals surface area contributed by atoms with E-state index in [0.717, 1.165) is 45.9 Å². The van der Waals surface area contributed by atoms with Crippen LogP contribution >= 0.6 is 0 Å². The Labute approximate surface area is 182 Å². The summed E-state index contributed by atoms with van der Waals surface area (Å²) in [5, 5.41) is 2.99. The molecule has 0 spiro atoms. The third-order valence-electron chi connectivity index (χ3n) is 5.09. The molecule has 1 amide bonds. The Kier molecular flexibility index (Phi) is 6.36. The fourth-order valence-corrected chi connectivity index (χ4v) is 3.55. The Balaban J connectivity index is 1.40. The van der Waals surface area contributed by atoms with Gasteiger partial charge >= 0.3 is 0 Å². The summed E-state index contributed by atoms with van der Waals surface area (Å²) in [7, 11) is 0. The zero-order valence-corrected chi connectivity index (χ0v) is 17.8. The lowest BCUT2D eigenvalue weighted by molar-refractivity contribution is 0.0950. The van der Waals surface area contributed by atoms with Gasteiger partial charge in [0.2, 0.25) is 0 Å². The smallest absolute Gasteiger partial charge is 0.251 e. The molecule has 2 aromatic carbocycles. The number of aromatic nitrogens is 1. The largest absolute Gasteiger partial charge is 0.490 e. The highest BCUT2D eigenvalue weighted by atomic mass is 16.5. The van der Waals surface area contributed by atoms with Crippen molar-refractivity contribution in [1.82, 2.24) is 10.3 Å². The van der Waals surface area contributed by atoms with E-state index >= 15 is 0 Å². The predicted molar refractivity (Wildman–Crippen MR) is 118 cm³/mol. The number of nitrogens with one attached hydrogen (secondary N) is 1. The van der Waals surface area contributed by atoms with Crippen molar-refractivity contribution in [1.29, 1.82) is 0 Å². The van der Waals surface area contributed by atoms with Crippen molar-refractivity contribution in [2.45, 2.75) is 33.4 Å². The summed E-state index contributed by atoms with van der Waals surface area (Å²) >= 11 is 0. The molecule has 2 heterocycles. The summed E-state index contributed by atoms with van der Waals surface area (Å²) in [6, 6.07) is 13.3. The molecule has 1 N–H and O–H groups in total.